The first-order valence-corrected chi connectivity index (χ1v) is 7.45. The van der Waals surface area contributed by atoms with Crippen LogP contribution in [0.5, 0.6) is 0 Å². The largest absolute Gasteiger partial charge is 0.501 e. The molecule has 1 aromatic heterocycles. The molecule has 0 spiro atoms. The Morgan fingerprint density at radius 3 is 2.62 bits per heavy atom. The van der Waals surface area contributed by atoms with Crippen molar-refractivity contribution in [1.29, 1.82) is 0 Å². The second-order valence-corrected chi connectivity index (χ2v) is 5.43. The maximum Gasteiger partial charge on any atom is 0.146 e. The van der Waals surface area contributed by atoms with Crippen molar-refractivity contribution in [2.45, 2.75) is 26.1 Å². The van der Waals surface area contributed by atoms with E-state index in [0.29, 0.717) is 17.1 Å². The van der Waals surface area contributed by atoms with E-state index in [-0.39, 0.29) is 12.0 Å². The summed E-state index contributed by atoms with van der Waals surface area (Å²) < 4.78 is 10.6. The maximum atomic E-state index is 10.6. The van der Waals surface area contributed by atoms with Crippen LogP contribution in [-0.4, -0.2) is 36.7 Å². The van der Waals surface area contributed by atoms with E-state index in [1.807, 2.05) is 24.5 Å². The number of thiazole rings is 1. The fourth-order valence-electron chi connectivity index (χ4n) is 1.85. The van der Waals surface area contributed by atoms with Crippen molar-refractivity contribution in [3.05, 3.63) is 34.0 Å². The Morgan fingerprint density at radius 1 is 1.43 bits per heavy atom. The highest BCUT2D eigenvalue weighted by atomic mass is 32.1. The predicted octanol–water partition coefficient (Wildman–Crippen LogP) is 2.59. The van der Waals surface area contributed by atoms with E-state index in [1.54, 1.807) is 14.0 Å². The second-order valence-electron chi connectivity index (χ2n) is 4.54. The van der Waals surface area contributed by atoms with Crippen molar-refractivity contribution in [2.75, 3.05) is 14.2 Å². The van der Waals surface area contributed by atoms with Crippen molar-refractivity contribution < 1.29 is 19.4 Å². The van der Waals surface area contributed by atoms with E-state index in [0.717, 1.165) is 5.69 Å². The minimum absolute atomic E-state index is 0.101. The highest BCUT2D eigenvalue weighted by molar-refractivity contribution is 7.09. The highest BCUT2D eigenvalue weighted by Gasteiger charge is 2.19. The van der Waals surface area contributed by atoms with Crippen molar-refractivity contribution in [3.8, 4) is 0 Å². The van der Waals surface area contributed by atoms with Gasteiger partial charge in [-0.05, 0) is 13.0 Å². The third kappa shape index (κ3) is 5.08. The fourth-order valence-corrected chi connectivity index (χ4v) is 2.57. The van der Waals surface area contributed by atoms with Gasteiger partial charge in [-0.25, -0.2) is 4.98 Å². The molecule has 1 rings (SSSR count). The van der Waals surface area contributed by atoms with E-state index in [4.69, 9.17) is 9.47 Å². The van der Waals surface area contributed by atoms with Gasteiger partial charge in [-0.3, -0.25) is 4.79 Å². The number of hydrogen-bond acceptors (Lipinski definition) is 6. The lowest BCUT2D eigenvalue weighted by atomic mass is 10.0. The van der Waals surface area contributed by atoms with Gasteiger partial charge in [0.2, 0.25) is 0 Å². The van der Waals surface area contributed by atoms with Crippen LogP contribution in [0, 0.1) is 5.92 Å². The van der Waals surface area contributed by atoms with Gasteiger partial charge in [0, 0.05) is 24.5 Å². The molecule has 0 aromatic carbocycles. The van der Waals surface area contributed by atoms with Crippen LogP contribution in [0.3, 0.4) is 0 Å². The number of ether oxygens (including phenoxy) is 2. The minimum atomic E-state index is -0.565. The number of allylic oxidation sites excluding steroid dienone is 1. The Morgan fingerprint density at radius 2 is 2.14 bits per heavy atom. The zero-order valence-corrected chi connectivity index (χ0v) is 13.5. The summed E-state index contributed by atoms with van der Waals surface area (Å²) in [5, 5.41) is 12.0. The molecular weight excluding hydrogens is 290 g/mol. The molecule has 0 saturated heterocycles. The summed E-state index contributed by atoms with van der Waals surface area (Å²) in [6, 6.07) is 0. The summed E-state index contributed by atoms with van der Waals surface area (Å²) in [6.45, 7) is 3.60. The monoisotopic (exact) mass is 311 g/mol. The molecule has 0 aliphatic heterocycles. The van der Waals surface area contributed by atoms with Crippen LogP contribution < -0.4 is 0 Å². The predicted molar refractivity (Wildman–Crippen MR) is 82.9 cm³/mol. The number of aliphatic hydroxyl groups is 1. The number of hydrogen-bond donors (Lipinski definition) is 1. The molecule has 116 valence electrons. The van der Waals surface area contributed by atoms with Gasteiger partial charge < -0.3 is 14.6 Å². The molecule has 1 aromatic rings. The van der Waals surface area contributed by atoms with Gasteiger partial charge in [0.1, 0.15) is 23.2 Å². The van der Waals surface area contributed by atoms with E-state index in [9.17, 15) is 9.90 Å². The summed E-state index contributed by atoms with van der Waals surface area (Å²) >= 11 is 1.41. The normalized spacial score (nSPS) is 16.7. The fraction of sp³-hybridized carbons (Fsp3) is 0.467. The zero-order valence-electron chi connectivity index (χ0n) is 12.6. The van der Waals surface area contributed by atoms with Crippen LogP contribution in [-0.2, 0) is 14.3 Å². The van der Waals surface area contributed by atoms with Gasteiger partial charge >= 0.3 is 0 Å². The lowest BCUT2D eigenvalue weighted by Crippen LogP contribution is -2.20. The molecule has 1 unspecified atom stereocenters. The molecule has 21 heavy (non-hydrogen) atoms. The van der Waals surface area contributed by atoms with Gasteiger partial charge in [-0.1, -0.05) is 13.0 Å². The summed E-state index contributed by atoms with van der Waals surface area (Å²) in [6.07, 6.45) is 4.97. The Hall–Kier alpha value is -1.50. The van der Waals surface area contributed by atoms with Crippen molar-refractivity contribution >= 4 is 23.7 Å². The number of rotatable bonds is 8. The van der Waals surface area contributed by atoms with E-state index in [2.05, 4.69) is 4.98 Å². The number of methoxy groups -OCH3 is 2. The molecule has 1 heterocycles. The number of carbonyl (C=O) groups excluding carboxylic acids is 1. The Labute approximate surface area is 128 Å². The second kappa shape index (κ2) is 8.71. The lowest BCUT2D eigenvalue weighted by Gasteiger charge is -2.21. The molecule has 0 aliphatic rings. The summed E-state index contributed by atoms with van der Waals surface area (Å²) in [5.74, 6) is 0.459. The minimum Gasteiger partial charge on any atom is -0.501 e. The standard InChI is InChI=1S/C15H21NO4S/c1-10(14(20-4)7-8-17)13(19-3)6-5-12-9-21-15(16-12)11(2)18/h5-11,13,18H,1-4H3/b6-5+,14-7+/t10-,11?,13+/m1/s1. The quantitative estimate of drug-likeness (QED) is 0.454. The first-order chi connectivity index (χ1) is 10.0. The summed E-state index contributed by atoms with van der Waals surface area (Å²) in [5.41, 5.74) is 0.767. The SMILES string of the molecule is CO/C(=C/C=O)[C@H](C)[C@H](/C=C/c1csc(C(C)O)n1)OC. The average molecular weight is 311 g/mol. The molecular formula is C15H21NO4S. The van der Waals surface area contributed by atoms with Gasteiger partial charge in [-0.2, -0.15) is 0 Å². The van der Waals surface area contributed by atoms with Gasteiger partial charge in [-0.15, -0.1) is 11.3 Å². The Bertz CT molecular complexity index is 508. The lowest BCUT2D eigenvalue weighted by molar-refractivity contribution is -0.104. The first kappa shape index (κ1) is 17.6. The Balaban J connectivity index is 2.82. The highest BCUT2D eigenvalue weighted by Crippen LogP contribution is 2.21. The van der Waals surface area contributed by atoms with Gasteiger partial charge in [0.05, 0.1) is 18.9 Å². The van der Waals surface area contributed by atoms with Crippen molar-refractivity contribution in [2.24, 2.45) is 5.92 Å². The smallest absolute Gasteiger partial charge is 0.146 e. The molecule has 3 atom stereocenters. The van der Waals surface area contributed by atoms with Crippen LogP contribution in [0.15, 0.2) is 23.3 Å². The van der Waals surface area contributed by atoms with E-state index >= 15 is 0 Å². The number of carbonyl (C=O) groups is 1. The molecule has 0 bridgehead atoms. The molecule has 5 nitrogen and oxygen atoms in total. The number of aromatic nitrogens is 1. The first-order valence-electron chi connectivity index (χ1n) is 6.57. The zero-order chi connectivity index (χ0) is 15.8. The van der Waals surface area contributed by atoms with E-state index < -0.39 is 6.10 Å². The van der Waals surface area contributed by atoms with Crippen molar-refractivity contribution in [1.82, 2.24) is 4.98 Å². The molecule has 1 N–H and O–H groups in total. The summed E-state index contributed by atoms with van der Waals surface area (Å²) in [4.78, 5) is 14.9. The molecule has 0 radical (unpaired) electrons. The molecule has 0 fully saturated rings. The van der Waals surface area contributed by atoms with Crippen LogP contribution in [0.2, 0.25) is 0 Å². The summed E-state index contributed by atoms with van der Waals surface area (Å²) in [7, 11) is 3.12. The number of nitrogens with zero attached hydrogens (tertiary/aromatic N) is 1. The van der Waals surface area contributed by atoms with Crippen LogP contribution in [0.1, 0.15) is 30.7 Å². The van der Waals surface area contributed by atoms with Crippen LogP contribution in [0.4, 0.5) is 0 Å². The third-order valence-corrected chi connectivity index (χ3v) is 4.07. The Kier molecular flexibility index (Phi) is 7.28. The molecule has 0 aliphatic carbocycles. The topological polar surface area (TPSA) is 68.7 Å². The number of aldehydes is 1. The van der Waals surface area contributed by atoms with Crippen LogP contribution in [0.25, 0.3) is 6.08 Å². The third-order valence-electron chi connectivity index (χ3n) is 3.04. The maximum absolute atomic E-state index is 10.6. The molecule has 6 heteroatoms. The van der Waals surface area contributed by atoms with Gasteiger partial charge in [0.15, 0.2) is 0 Å². The molecule has 0 saturated carbocycles. The van der Waals surface area contributed by atoms with E-state index in [1.165, 1.54) is 24.5 Å². The average Bonchev–Trinajstić information content (AvgIpc) is 2.94. The van der Waals surface area contributed by atoms with Gasteiger partial charge in [0.25, 0.3) is 0 Å². The van der Waals surface area contributed by atoms with Crippen LogP contribution >= 0.6 is 11.3 Å². The number of aliphatic hydroxyl groups excluding tert-OH is 1. The molecule has 0 amide bonds. The van der Waals surface area contributed by atoms with Crippen molar-refractivity contribution in [3.63, 3.8) is 0 Å².